The third-order valence-corrected chi connectivity index (χ3v) is 1.62. The molecule has 0 aliphatic heterocycles. The highest BCUT2D eigenvalue weighted by Crippen LogP contribution is 2.16. The van der Waals surface area contributed by atoms with Crippen molar-refractivity contribution in [2.75, 3.05) is 6.61 Å². The van der Waals surface area contributed by atoms with E-state index >= 15 is 0 Å². The van der Waals surface area contributed by atoms with Crippen molar-refractivity contribution in [3.63, 3.8) is 0 Å². The van der Waals surface area contributed by atoms with Crippen molar-refractivity contribution in [3.05, 3.63) is 0 Å². The number of rotatable bonds is 4. The quantitative estimate of drug-likeness (QED) is 0.498. The second-order valence-electron chi connectivity index (χ2n) is 3.31. The van der Waals surface area contributed by atoms with E-state index in [-0.39, 0.29) is 6.61 Å². The average Bonchev–Trinajstić information content (AvgIpc) is 2.00. The van der Waals surface area contributed by atoms with Crippen molar-refractivity contribution < 1.29 is 18.7 Å². The minimum Gasteiger partial charge on any atom is -0.465 e. The van der Waals surface area contributed by atoms with Crippen LogP contribution in [-0.2, 0) is 14.3 Å². The third-order valence-electron chi connectivity index (χ3n) is 1.62. The zero-order chi connectivity index (χ0) is 10.6. The smallest absolute Gasteiger partial charge is 0.316 e. The van der Waals surface area contributed by atoms with Crippen molar-refractivity contribution in [2.45, 2.75) is 33.4 Å². The molecule has 0 heterocycles. The molecule has 0 fully saturated rings. The van der Waals surface area contributed by atoms with Crippen LogP contribution in [0.25, 0.3) is 0 Å². The minimum atomic E-state index is -1.98. The highest BCUT2D eigenvalue weighted by atomic mass is 19.1. The predicted octanol–water partition coefficient (Wildman–Crippen LogP) is 1.50. The second kappa shape index (κ2) is 4.35. The van der Waals surface area contributed by atoms with E-state index in [0.717, 1.165) is 13.8 Å². The van der Waals surface area contributed by atoms with Crippen molar-refractivity contribution >= 4 is 11.8 Å². The van der Waals surface area contributed by atoms with Crippen molar-refractivity contribution in [2.24, 2.45) is 5.92 Å². The van der Waals surface area contributed by atoms with E-state index in [1.165, 1.54) is 6.92 Å². The third kappa shape index (κ3) is 3.53. The zero-order valence-corrected chi connectivity index (χ0v) is 8.39. The summed E-state index contributed by atoms with van der Waals surface area (Å²) >= 11 is 0. The van der Waals surface area contributed by atoms with Gasteiger partial charge in [-0.25, -0.2) is 4.39 Å². The molecule has 0 aromatic heterocycles. The minimum absolute atomic E-state index is 0.198. The Labute approximate surface area is 77.3 Å². The molecule has 0 amide bonds. The largest absolute Gasteiger partial charge is 0.465 e. The van der Waals surface area contributed by atoms with Gasteiger partial charge in [-0.2, -0.15) is 0 Å². The number of carbonyl (C=O) groups is 2. The van der Waals surface area contributed by atoms with Crippen LogP contribution in [0.5, 0.6) is 0 Å². The summed E-state index contributed by atoms with van der Waals surface area (Å²) in [5.74, 6) is -2.44. The first-order valence-corrected chi connectivity index (χ1v) is 4.20. The molecule has 0 aliphatic rings. The van der Waals surface area contributed by atoms with Gasteiger partial charge in [0.05, 0.1) is 6.61 Å². The fourth-order valence-electron chi connectivity index (χ4n) is 0.889. The van der Waals surface area contributed by atoms with Gasteiger partial charge in [-0.05, 0) is 27.7 Å². The zero-order valence-electron chi connectivity index (χ0n) is 8.39. The number of Topliss-reactive ketones (excluding diaryl/α,β-unsaturated/α-hetero) is 1. The van der Waals surface area contributed by atoms with Gasteiger partial charge in [0.2, 0.25) is 0 Å². The summed E-state index contributed by atoms with van der Waals surface area (Å²) in [6.45, 7) is 5.44. The molecule has 0 saturated heterocycles. The summed E-state index contributed by atoms with van der Waals surface area (Å²) < 4.78 is 17.7. The van der Waals surface area contributed by atoms with E-state index in [2.05, 4.69) is 4.74 Å². The highest BCUT2D eigenvalue weighted by molar-refractivity contribution is 6.02. The van der Waals surface area contributed by atoms with Crippen LogP contribution in [0.4, 0.5) is 4.39 Å². The van der Waals surface area contributed by atoms with E-state index in [1.807, 2.05) is 0 Å². The van der Waals surface area contributed by atoms with Crippen LogP contribution >= 0.6 is 0 Å². The van der Waals surface area contributed by atoms with Crippen molar-refractivity contribution in [1.29, 1.82) is 0 Å². The monoisotopic (exact) mass is 190 g/mol. The van der Waals surface area contributed by atoms with Gasteiger partial charge in [0.15, 0.2) is 11.5 Å². The normalized spacial score (nSPS) is 13.6. The summed E-state index contributed by atoms with van der Waals surface area (Å²) in [6.07, 6.45) is 0. The van der Waals surface area contributed by atoms with Crippen molar-refractivity contribution in [3.8, 4) is 0 Å². The molecule has 0 saturated carbocycles. The molecule has 1 unspecified atom stereocenters. The van der Waals surface area contributed by atoms with Gasteiger partial charge in [-0.3, -0.25) is 9.59 Å². The molecule has 3 nitrogen and oxygen atoms in total. The molecule has 13 heavy (non-hydrogen) atoms. The SMILES string of the molecule is CCOC(=O)C(C)C(=O)C(C)(C)F. The molecule has 0 spiro atoms. The van der Waals surface area contributed by atoms with Crippen LogP contribution in [-0.4, -0.2) is 24.0 Å². The molecular formula is C9H15FO3. The van der Waals surface area contributed by atoms with Gasteiger partial charge in [-0.15, -0.1) is 0 Å². The number of carbonyl (C=O) groups excluding carboxylic acids is 2. The fourth-order valence-corrected chi connectivity index (χ4v) is 0.889. The highest BCUT2D eigenvalue weighted by Gasteiger charge is 2.35. The standard InChI is InChI=1S/C9H15FO3/c1-5-13-8(12)6(2)7(11)9(3,4)10/h6H,5H2,1-4H3. The first-order chi connectivity index (χ1) is 5.80. The van der Waals surface area contributed by atoms with E-state index in [0.29, 0.717) is 0 Å². The number of ether oxygens (including phenoxy) is 1. The molecule has 0 rings (SSSR count). The Balaban J connectivity index is 4.35. The Bertz CT molecular complexity index is 205. The first kappa shape index (κ1) is 12.1. The van der Waals surface area contributed by atoms with Gasteiger partial charge in [0, 0.05) is 0 Å². The number of esters is 1. The van der Waals surface area contributed by atoms with Crippen molar-refractivity contribution in [1.82, 2.24) is 0 Å². The van der Waals surface area contributed by atoms with Crippen LogP contribution in [0, 0.1) is 5.92 Å². The topological polar surface area (TPSA) is 43.4 Å². The first-order valence-electron chi connectivity index (χ1n) is 4.20. The number of hydrogen-bond acceptors (Lipinski definition) is 3. The van der Waals surface area contributed by atoms with Crippen LogP contribution in [0.3, 0.4) is 0 Å². The van der Waals surface area contributed by atoms with E-state index < -0.39 is 23.3 Å². The van der Waals surface area contributed by atoms with Gasteiger partial charge in [-0.1, -0.05) is 0 Å². The molecule has 4 heteroatoms. The maximum absolute atomic E-state index is 13.1. The molecule has 1 atom stereocenters. The van der Waals surface area contributed by atoms with Crippen LogP contribution in [0.15, 0.2) is 0 Å². The predicted molar refractivity (Wildman–Crippen MR) is 46.0 cm³/mol. The summed E-state index contributed by atoms with van der Waals surface area (Å²) in [4.78, 5) is 22.2. The molecule has 0 N–H and O–H groups in total. The number of ketones is 1. The van der Waals surface area contributed by atoms with Crippen LogP contribution < -0.4 is 0 Å². The Hall–Kier alpha value is -0.930. The van der Waals surface area contributed by atoms with Gasteiger partial charge < -0.3 is 4.74 Å². The second-order valence-corrected chi connectivity index (χ2v) is 3.31. The van der Waals surface area contributed by atoms with Gasteiger partial charge in [0.25, 0.3) is 0 Å². The summed E-state index contributed by atoms with van der Waals surface area (Å²) in [7, 11) is 0. The molecular weight excluding hydrogens is 175 g/mol. The number of alkyl halides is 1. The summed E-state index contributed by atoms with van der Waals surface area (Å²) in [5, 5.41) is 0. The van der Waals surface area contributed by atoms with Crippen LogP contribution in [0.2, 0.25) is 0 Å². The Kier molecular flexibility index (Phi) is 4.04. The molecule has 76 valence electrons. The Morgan fingerprint density at radius 1 is 1.46 bits per heavy atom. The van der Waals surface area contributed by atoms with E-state index in [9.17, 15) is 14.0 Å². The lowest BCUT2D eigenvalue weighted by Gasteiger charge is -2.16. The molecule has 0 aromatic rings. The summed E-state index contributed by atoms with van der Waals surface area (Å²) in [6, 6.07) is 0. The molecule has 0 radical (unpaired) electrons. The molecule has 0 aromatic carbocycles. The maximum Gasteiger partial charge on any atom is 0.316 e. The Morgan fingerprint density at radius 3 is 2.23 bits per heavy atom. The lowest BCUT2D eigenvalue weighted by atomic mass is 9.95. The lowest BCUT2D eigenvalue weighted by Crippen LogP contribution is -2.36. The van der Waals surface area contributed by atoms with E-state index in [4.69, 9.17) is 0 Å². The van der Waals surface area contributed by atoms with Gasteiger partial charge >= 0.3 is 5.97 Å². The van der Waals surface area contributed by atoms with Gasteiger partial charge in [0.1, 0.15) is 5.92 Å². The number of halogens is 1. The van der Waals surface area contributed by atoms with E-state index in [1.54, 1.807) is 6.92 Å². The average molecular weight is 190 g/mol. The Morgan fingerprint density at radius 2 is 1.92 bits per heavy atom. The maximum atomic E-state index is 13.1. The van der Waals surface area contributed by atoms with Crippen LogP contribution in [0.1, 0.15) is 27.7 Å². The molecule has 0 bridgehead atoms. The summed E-state index contributed by atoms with van der Waals surface area (Å²) in [5.41, 5.74) is -1.98. The lowest BCUT2D eigenvalue weighted by molar-refractivity contribution is -0.153. The number of hydrogen-bond donors (Lipinski definition) is 0. The fraction of sp³-hybridized carbons (Fsp3) is 0.778. The molecule has 0 aliphatic carbocycles.